The maximum absolute atomic E-state index is 13.1. The van der Waals surface area contributed by atoms with Crippen LogP contribution in [-0.2, 0) is 0 Å². The van der Waals surface area contributed by atoms with E-state index < -0.39 is 6.04 Å². The van der Waals surface area contributed by atoms with E-state index in [1.165, 1.54) is 22.7 Å². The Labute approximate surface area is 149 Å². The molecule has 25 heavy (non-hydrogen) atoms. The van der Waals surface area contributed by atoms with Crippen molar-refractivity contribution < 1.29 is 9.21 Å². The largest absolute Gasteiger partial charge is 0.450 e. The molecule has 4 aromatic rings. The Morgan fingerprint density at radius 3 is 2.68 bits per heavy atom. The van der Waals surface area contributed by atoms with Gasteiger partial charge in [0.05, 0.1) is 10.9 Å². The van der Waals surface area contributed by atoms with Crippen LogP contribution in [0.2, 0.25) is 0 Å². The summed E-state index contributed by atoms with van der Waals surface area (Å²) in [5.74, 6) is -0.219. The molecule has 0 saturated heterocycles. The van der Waals surface area contributed by atoms with Crippen LogP contribution in [0, 0.1) is 0 Å². The van der Waals surface area contributed by atoms with E-state index in [1.807, 2.05) is 22.9 Å². The lowest BCUT2D eigenvalue weighted by molar-refractivity contribution is 0.0971. The Kier molecular flexibility index (Phi) is 3.13. The summed E-state index contributed by atoms with van der Waals surface area (Å²) in [6, 6.07) is 10.3. The number of carbonyl (C=O) groups excluding carboxylic acids is 1. The van der Waals surface area contributed by atoms with Crippen LogP contribution in [0.15, 0.2) is 62.6 Å². The van der Waals surface area contributed by atoms with E-state index in [4.69, 9.17) is 4.42 Å². The number of thiazole rings is 1. The number of benzene rings is 1. The maximum atomic E-state index is 13.1. The fraction of sp³-hybridized carbons (Fsp3) is 0.0556. The zero-order valence-corrected chi connectivity index (χ0v) is 14.3. The standard InChI is InChI=1S/C18H10N2O3S2/c21-15-10-4-1-2-5-11(10)23-16-13(15)14(12-6-3-8-24-12)20(17(16)22)18-19-7-9-25-18/h1-9,14H/t14-/m1/s1. The second kappa shape index (κ2) is 5.37. The maximum Gasteiger partial charge on any atom is 0.297 e. The predicted molar refractivity (Wildman–Crippen MR) is 97.6 cm³/mol. The molecule has 1 aliphatic rings. The third-order valence-corrected chi connectivity index (χ3v) is 5.91. The van der Waals surface area contributed by atoms with Crippen LogP contribution in [0.3, 0.4) is 0 Å². The molecule has 122 valence electrons. The van der Waals surface area contributed by atoms with Crippen LogP contribution in [0.4, 0.5) is 5.13 Å². The second-order valence-electron chi connectivity index (χ2n) is 5.58. The van der Waals surface area contributed by atoms with Crippen molar-refractivity contribution in [3.63, 3.8) is 0 Å². The number of carbonyl (C=O) groups is 1. The molecular formula is C18H10N2O3S2. The highest BCUT2D eigenvalue weighted by Crippen LogP contribution is 2.42. The lowest BCUT2D eigenvalue weighted by Crippen LogP contribution is -2.28. The molecular weight excluding hydrogens is 356 g/mol. The lowest BCUT2D eigenvalue weighted by Gasteiger charge is -2.20. The molecule has 0 radical (unpaired) electrons. The molecule has 0 saturated carbocycles. The quantitative estimate of drug-likeness (QED) is 0.537. The monoisotopic (exact) mass is 366 g/mol. The number of para-hydroxylation sites is 1. The van der Waals surface area contributed by atoms with Crippen molar-refractivity contribution in [1.29, 1.82) is 0 Å². The van der Waals surface area contributed by atoms with Crippen molar-refractivity contribution in [2.24, 2.45) is 0 Å². The van der Waals surface area contributed by atoms with Crippen molar-refractivity contribution in [2.45, 2.75) is 6.04 Å². The molecule has 5 rings (SSSR count). The van der Waals surface area contributed by atoms with Gasteiger partial charge in [0, 0.05) is 16.5 Å². The van der Waals surface area contributed by atoms with E-state index in [0.717, 1.165) is 4.88 Å². The number of thiophene rings is 1. The van der Waals surface area contributed by atoms with Crippen LogP contribution in [0.5, 0.6) is 0 Å². The highest BCUT2D eigenvalue weighted by atomic mass is 32.1. The van der Waals surface area contributed by atoms with Crippen LogP contribution in [0.25, 0.3) is 11.0 Å². The highest BCUT2D eigenvalue weighted by molar-refractivity contribution is 7.14. The molecule has 5 nitrogen and oxygen atoms in total. The molecule has 4 heterocycles. The van der Waals surface area contributed by atoms with Gasteiger partial charge in [-0.05, 0) is 23.6 Å². The summed E-state index contributed by atoms with van der Waals surface area (Å²) in [5, 5.41) is 4.78. The second-order valence-corrected chi connectivity index (χ2v) is 7.43. The van der Waals surface area contributed by atoms with Gasteiger partial charge in [-0.15, -0.1) is 22.7 Å². The van der Waals surface area contributed by atoms with Gasteiger partial charge < -0.3 is 4.42 Å². The first-order valence-electron chi connectivity index (χ1n) is 7.58. The van der Waals surface area contributed by atoms with Gasteiger partial charge in [-0.1, -0.05) is 18.2 Å². The van der Waals surface area contributed by atoms with E-state index in [-0.39, 0.29) is 17.1 Å². The molecule has 1 aromatic carbocycles. The Hall–Kier alpha value is -2.77. The Balaban J connectivity index is 1.85. The van der Waals surface area contributed by atoms with Gasteiger partial charge in [0.15, 0.2) is 10.6 Å². The molecule has 7 heteroatoms. The third kappa shape index (κ3) is 2.03. The van der Waals surface area contributed by atoms with Gasteiger partial charge in [0.2, 0.25) is 5.76 Å². The Bertz CT molecular complexity index is 1150. The molecule has 3 aromatic heterocycles. The van der Waals surface area contributed by atoms with Crippen LogP contribution < -0.4 is 10.3 Å². The zero-order chi connectivity index (χ0) is 17.0. The average Bonchev–Trinajstić information content (AvgIpc) is 3.36. The predicted octanol–water partition coefficient (Wildman–Crippen LogP) is 4.06. The average molecular weight is 366 g/mol. The first-order valence-corrected chi connectivity index (χ1v) is 9.34. The van der Waals surface area contributed by atoms with Crippen molar-refractivity contribution in [2.75, 3.05) is 4.90 Å². The Morgan fingerprint density at radius 2 is 1.92 bits per heavy atom. The van der Waals surface area contributed by atoms with Crippen LogP contribution >= 0.6 is 22.7 Å². The first-order chi connectivity index (χ1) is 12.3. The summed E-state index contributed by atoms with van der Waals surface area (Å²) in [6.07, 6.45) is 1.65. The number of nitrogens with zero attached hydrogens (tertiary/aromatic N) is 2. The van der Waals surface area contributed by atoms with Gasteiger partial charge >= 0.3 is 0 Å². The van der Waals surface area contributed by atoms with E-state index >= 15 is 0 Å². The third-order valence-electron chi connectivity index (χ3n) is 4.22. The van der Waals surface area contributed by atoms with Crippen molar-refractivity contribution in [1.82, 2.24) is 4.98 Å². The lowest BCUT2D eigenvalue weighted by atomic mass is 10.0. The van der Waals surface area contributed by atoms with Crippen LogP contribution in [-0.4, -0.2) is 10.9 Å². The number of hydrogen-bond donors (Lipinski definition) is 0. The van der Waals surface area contributed by atoms with E-state index in [9.17, 15) is 9.59 Å². The zero-order valence-electron chi connectivity index (χ0n) is 12.7. The van der Waals surface area contributed by atoms with Gasteiger partial charge in [0.1, 0.15) is 11.6 Å². The molecule has 1 atom stereocenters. The summed E-state index contributed by atoms with van der Waals surface area (Å²) in [6.45, 7) is 0. The summed E-state index contributed by atoms with van der Waals surface area (Å²) in [5.41, 5.74) is 0.648. The molecule has 0 fully saturated rings. The first kappa shape index (κ1) is 14.6. The minimum atomic E-state index is -0.505. The van der Waals surface area contributed by atoms with Gasteiger partial charge in [-0.2, -0.15) is 0 Å². The molecule has 1 aliphatic heterocycles. The normalized spacial score (nSPS) is 16.6. The topological polar surface area (TPSA) is 63.4 Å². The van der Waals surface area contributed by atoms with Gasteiger partial charge in [-0.3, -0.25) is 14.5 Å². The van der Waals surface area contributed by atoms with E-state index in [0.29, 0.717) is 21.7 Å². The Morgan fingerprint density at radius 1 is 1.04 bits per heavy atom. The number of rotatable bonds is 2. The number of amides is 1. The molecule has 0 aliphatic carbocycles. The fourth-order valence-electron chi connectivity index (χ4n) is 3.17. The van der Waals surface area contributed by atoms with Crippen LogP contribution in [0.1, 0.15) is 27.0 Å². The minimum Gasteiger partial charge on any atom is -0.450 e. The smallest absolute Gasteiger partial charge is 0.297 e. The molecule has 0 spiro atoms. The fourth-order valence-corrected chi connectivity index (χ4v) is 4.66. The number of hydrogen-bond acceptors (Lipinski definition) is 6. The highest BCUT2D eigenvalue weighted by Gasteiger charge is 2.45. The number of anilines is 1. The van der Waals surface area contributed by atoms with Crippen molar-refractivity contribution in [3.8, 4) is 0 Å². The SMILES string of the molecule is O=C1c2oc3ccccc3c(=O)c2[C@@H](c2cccs2)N1c1nccs1. The summed E-state index contributed by atoms with van der Waals surface area (Å²) < 4.78 is 5.84. The summed E-state index contributed by atoms with van der Waals surface area (Å²) in [4.78, 5) is 32.9. The number of fused-ring (bicyclic) bond motifs is 2. The van der Waals surface area contributed by atoms with Gasteiger partial charge in [-0.25, -0.2) is 4.98 Å². The molecule has 1 amide bonds. The molecule has 0 bridgehead atoms. The van der Waals surface area contributed by atoms with E-state index in [2.05, 4.69) is 4.98 Å². The molecule has 0 unspecified atom stereocenters. The summed E-state index contributed by atoms with van der Waals surface area (Å²) >= 11 is 2.86. The molecule has 0 N–H and O–H groups in total. The minimum absolute atomic E-state index is 0.109. The van der Waals surface area contributed by atoms with E-state index in [1.54, 1.807) is 35.4 Å². The van der Waals surface area contributed by atoms with Gasteiger partial charge in [0.25, 0.3) is 5.91 Å². The summed E-state index contributed by atoms with van der Waals surface area (Å²) in [7, 11) is 0. The van der Waals surface area contributed by atoms with Crippen molar-refractivity contribution in [3.05, 3.63) is 79.8 Å². The van der Waals surface area contributed by atoms with Crippen molar-refractivity contribution >= 4 is 44.7 Å². The number of aromatic nitrogens is 1.